The molecule has 0 bridgehead atoms. The molecule has 0 amide bonds. The smallest absolute Gasteiger partial charge is 0.119 e. The quantitative estimate of drug-likeness (QED) is 0.817. The van der Waals surface area contributed by atoms with E-state index >= 15 is 0 Å². The number of hydrogen-bond donors (Lipinski definition) is 1. The van der Waals surface area contributed by atoms with E-state index in [2.05, 4.69) is 25.1 Å². The van der Waals surface area contributed by atoms with Gasteiger partial charge in [0.1, 0.15) is 5.75 Å². The summed E-state index contributed by atoms with van der Waals surface area (Å²) in [4.78, 5) is 0. The molecule has 0 radical (unpaired) electrons. The number of ether oxygens (including phenoxy) is 1. The first-order valence-electron chi connectivity index (χ1n) is 6.78. The number of aryl methyl sites for hydroxylation is 1. The first-order chi connectivity index (χ1) is 8.70. The molecular weight excluding hydrogens is 222 g/mol. The summed E-state index contributed by atoms with van der Waals surface area (Å²) in [6.45, 7) is 2.10. The first kappa shape index (κ1) is 13.2. The van der Waals surface area contributed by atoms with Crippen molar-refractivity contribution in [2.75, 3.05) is 7.11 Å². The fourth-order valence-electron chi connectivity index (χ4n) is 2.67. The van der Waals surface area contributed by atoms with Crippen LogP contribution in [0, 0.1) is 6.92 Å². The fraction of sp³-hybridized carbons (Fsp3) is 0.500. The van der Waals surface area contributed by atoms with Crippen molar-refractivity contribution in [3.05, 3.63) is 41.0 Å². The highest BCUT2D eigenvalue weighted by Gasteiger charge is 2.13. The largest absolute Gasteiger partial charge is 0.497 e. The Bertz CT molecular complexity index is 437. The number of rotatable bonds is 4. The van der Waals surface area contributed by atoms with Gasteiger partial charge in [-0.05, 0) is 62.3 Å². The first-order valence-corrected chi connectivity index (χ1v) is 6.78. The van der Waals surface area contributed by atoms with E-state index in [4.69, 9.17) is 10.5 Å². The van der Waals surface area contributed by atoms with Crippen LogP contribution in [0.1, 0.15) is 49.3 Å². The molecule has 1 unspecified atom stereocenters. The second-order valence-electron chi connectivity index (χ2n) is 5.14. The summed E-state index contributed by atoms with van der Waals surface area (Å²) in [5.74, 6) is 0.903. The molecule has 0 saturated carbocycles. The standard InChI is InChI=1S/C16H23NO/c1-12-10-14(18-2)8-9-15(12)16(17)11-13-6-4-3-5-7-13/h6,8-10,16H,3-5,7,11,17H2,1-2H3. The van der Waals surface area contributed by atoms with Crippen molar-refractivity contribution in [1.82, 2.24) is 0 Å². The second-order valence-corrected chi connectivity index (χ2v) is 5.14. The highest BCUT2D eigenvalue weighted by molar-refractivity contribution is 5.37. The van der Waals surface area contributed by atoms with E-state index < -0.39 is 0 Å². The highest BCUT2D eigenvalue weighted by Crippen LogP contribution is 2.29. The Balaban J connectivity index is 2.08. The molecule has 18 heavy (non-hydrogen) atoms. The van der Waals surface area contributed by atoms with Crippen molar-refractivity contribution in [3.8, 4) is 5.75 Å². The number of hydrogen-bond acceptors (Lipinski definition) is 2. The lowest BCUT2D eigenvalue weighted by Crippen LogP contribution is -2.13. The maximum absolute atomic E-state index is 6.34. The van der Waals surface area contributed by atoms with Gasteiger partial charge in [0.15, 0.2) is 0 Å². The van der Waals surface area contributed by atoms with Gasteiger partial charge in [-0.1, -0.05) is 17.7 Å². The second kappa shape index (κ2) is 6.05. The molecule has 0 heterocycles. The van der Waals surface area contributed by atoms with E-state index in [0.717, 1.165) is 12.2 Å². The third-order valence-corrected chi connectivity index (χ3v) is 3.74. The summed E-state index contributed by atoms with van der Waals surface area (Å²) in [5.41, 5.74) is 10.3. The van der Waals surface area contributed by atoms with E-state index in [0.29, 0.717) is 0 Å². The van der Waals surface area contributed by atoms with Crippen LogP contribution in [-0.4, -0.2) is 7.11 Å². The molecule has 2 N–H and O–H groups in total. The van der Waals surface area contributed by atoms with Crippen molar-refractivity contribution < 1.29 is 4.74 Å². The van der Waals surface area contributed by atoms with Crippen LogP contribution in [0.25, 0.3) is 0 Å². The summed E-state index contributed by atoms with van der Waals surface area (Å²) in [6.07, 6.45) is 8.47. The summed E-state index contributed by atoms with van der Waals surface area (Å²) in [7, 11) is 1.70. The molecular formula is C16H23NO. The van der Waals surface area contributed by atoms with Crippen molar-refractivity contribution in [2.45, 2.75) is 45.1 Å². The molecule has 1 aliphatic rings. The van der Waals surface area contributed by atoms with Crippen molar-refractivity contribution in [1.29, 1.82) is 0 Å². The molecule has 1 aliphatic carbocycles. The predicted octanol–water partition coefficient (Wildman–Crippen LogP) is 3.89. The van der Waals surface area contributed by atoms with Crippen LogP contribution in [0.4, 0.5) is 0 Å². The van der Waals surface area contributed by atoms with Gasteiger partial charge in [0.2, 0.25) is 0 Å². The van der Waals surface area contributed by atoms with Crippen LogP contribution in [0.5, 0.6) is 5.75 Å². The van der Waals surface area contributed by atoms with Crippen LogP contribution in [-0.2, 0) is 0 Å². The maximum Gasteiger partial charge on any atom is 0.119 e. The van der Waals surface area contributed by atoms with Gasteiger partial charge in [0, 0.05) is 6.04 Å². The molecule has 2 heteroatoms. The Morgan fingerprint density at radius 2 is 2.17 bits per heavy atom. The Labute approximate surface area is 110 Å². The predicted molar refractivity (Wildman–Crippen MR) is 75.8 cm³/mol. The lowest BCUT2D eigenvalue weighted by molar-refractivity contribution is 0.414. The third kappa shape index (κ3) is 3.14. The fourth-order valence-corrected chi connectivity index (χ4v) is 2.67. The Morgan fingerprint density at radius 3 is 2.78 bits per heavy atom. The van der Waals surface area contributed by atoms with E-state index in [1.807, 2.05) is 6.07 Å². The number of allylic oxidation sites excluding steroid dienone is 1. The average molecular weight is 245 g/mol. The Hall–Kier alpha value is -1.28. The van der Waals surface area contributed by atoms with Gasteiger partial charge < -0.3 is 10.5 Å². The minimum Gasteiger partial charge on any atom is -0.497 e. The van der Waals surface area contributed by atoms with Crippen molar-refractivity contribution in [3.63, 3.8) is 0 Å². The van der Waals surface area contributed by atoms with Crippen LogP contribution in [0.15, 0.2) is 29.8 Å². The monoisotopic (exact) mass is 245 g/mol. The third-order valence-electron chi connectivity index (χ3n) is 3.74. The van der Waals surface area contributed by atoms with E-state index in [1.165, 1.54) is 42.4 Å². The SMILES string of the molecule is COc1ccc(C(N)CC2=CCCCC2)c(C)c1. The van der Waals surface area contributed by atoms with Crippen LogP contribution in [0.3, 0.4) is 0 Å². The van der Waals surface area contributed by atoms with Crippen LogP contribution in [0.2, 0.25) is 0 Å². The van der Waals surface area contributed by atoms with Gasteiger partial charge in [-0.2, -0.15) is 0 Å². The molecule has 2 rings (SSSR count). The molecule has 0 aromatic heterocycles. The van der Waals surface area contributed by atoms with Crippen molar-refractivity contribution >= 4 is 0 Å². The van der Waals surface area contributed by atoms with Gasteiger partial charge in [-0.15, -0.1) is 0 Å². The Morgan fingerprint density at radius 1 is 1.33 bits per heavy atom. The summed E-state index contributed by atoms with van der Waals surface area (Å²) in [6, 6.07) is 6.27. The lowest BCUT2D eigenvalue weighted by atomic mass is 9.90. The summed E-state index contributed by atoms with van der Waals surface area (Å²) in [5, 5.41) is 0. The lowest BCUT2D eigenvalue weighted by Gasteiger charge is -2.19. The van der Waals surface area contributed by atoms with Gasteiger partial charge in [-0.25, -0.2) is 0 Å². The minimum atomic E-state index is 0.111. The molecule has 0 saturated heterocycles. The molecule has 98 valence electrons. The van der Waals surface area contributed by atoms with Crippen LogP contribution < -0.4 is 10.5 Å². The molecule has 1 aromatic rings. The molecule has 2 nitrogen and oxygen atoms in total. The number of benzene rings is 1. The zero-order valence-corrected chi connectivity index (χ0v) is 11.4. The molecule has 1 aromatic carbocycles. The van der Waals surface area contributed by atoms with Gasteiger partial charge in [-0.3, -0.25) is 0 Å². The number of methoxy groups -OCH3 is 1. The minimum absolute atomic E-state index is 0.111. The Kier molecular flexibility index (Phi) is 4.43. The van der Waals surface area contributed by atoms with E-state index in [-0.39, 0.29) is 6.04 Å². The topological polar surface area (TPSA) is 35.2 Å². The zero-order chi connectivity index (χ0) is 13.0. The maximum atomic E-state index is 6.34. The van der Waals surface area contributed by atoms with Gasteiger partial charge >= 0.3 is 0 Å². The molecule has 1 atom stereocenters. The normalized spacial score (nSPS) is 17.2. The van der Waals surface area contributed by atoms with Gasteiger partial charge in [0.25, 0.3) is 0 Å². The number of nitrogens with two attached hydrogens (primary N) is 1. The van der Waals surface area contributed by atoms with E-state index in [9.17, 15) is 0 Å². The molecule has 0 aliphatic heterocycles. The van der Waals surface area contributed by atoms with Crippen LogP contribution >= 0.6 is 0 Å². The van der Waals surface area contributed by atoms with Gasteiger partial charge in [0.05, 0.1) is 7.11 Å². The summed E-state index contributed by atoms with van der Waals surface area (Å²) < 4.78 is 5.23. The zero-order valence-electron chi connectivity index (χ0n) is 11.4. The molecule has 0 fully saturated rings. The van der Waals surface area contributed by atoms with E-state index in [1.54, 1.807) is 7.11 Å². The highest BCUT2D eigenvalue weighted by atomic mass is 16.5. The summed E-state index contributed by atoms with van der Waals surface area (Å²) >= 11 is 0. The average Bonchev–Trinajstić information content (AvgIpc) is 2.39. The van der Waals surface area contributed by atoms with Crippen molar-refractivity contribution in [2.24, 2.45) is 5.73 Å². The molecule has 0 spiro atoms.